The van der Waals surface area contributed by atoms with Crippen molar-refractivity contribution < 1.29 is 4.79 Å². The van der Waals surface area contributed by atoms with Crippen LogP contribution in [0.2, 0.25) is 0 Å². The third-order valence-corrected chi connectivity index (χ3v) is 3.74. The minimum absolute atomic E-state index is 0.435. The van der Waals surface area contributed by atoms with E-state index >= 15 is 0 Å². The van der Waals surface area contributed by atoms with Crippen molar-refractivity contribution in [2.45, 2.75) is 26.2 Å². The Balaban J connectivity index is 2.16. The van der Waals surface area contributed by atoms with Crippen LogP contribution in [0, 0.1) is 5.92 Å². The molecule has 18 heavy (non-hydrogen) atoms. The topological polar surface area (TPSA) is 72.3 Å². The van der Waals surface area contributed by atoms with Crippen LogP contribution < -0.4 is 16.4 Å². The number of primary amides is 1. The zero-order valence-electron chi connectivity index (χ0n) is 10.9. The number of hydrogen-bond donors (Lipinski definition) is 2. The average molecular weight is 247 g/mol. The Morgan fingerprint density at radius 3 is 2.61 bits per heavy atom. The smallest absolute Gasteiger partial charge is 0.248 e. The largest absolute Gasteiger partial charge is 0.397 e. The Hall–Kier alpha value is -1.71. The number of nitrogen functional groups attached to an aromatic ring is 1. The molecule has 0 atom stereocenters. The maximum atomic E-state index is 11.1. The van der Waals surface area contributed by atoms with Gasteiger partial charge in [0.2, 0.25) is 5.91 Å². The Morgan fingerprint density at radius 2 is 2.17 bits per heavy atom. The molecule has 1 fully saturated rings. The van der Waals surface area contributed by atoms with E-state index in [9.17, 15) is 4.79 Å². The summed E-state index contributed by atoms with van der Waals surface area (Å²) in [6.07, 6.45) is 3.98. The summed E-state index contributed by atoms with van der Waals surface area (Å²) in [6, 6.07) is 5.32. The number of nitrogens with two attached hydrogens (primary N) is 2. The second-order valence-electron chi connectivity index (χ2n) is 4.97. The number of rotatable bonds is 5. The zero-order chi connectivity index (χ0) is 13.1. The molecule has 98 valence electrons. The predicted molar refractivity (Wildman–Crippen MR) is 74.6 cm³/mol. The van der Waals surface area contributed by atoms with E-state index in [4.69, 9.17) is 11.5 Å². The molecule has 0 bridgehead atoms. The van der Waals surface area contributed by atoms with Crippen LogP contribution in [0.15, 0.2) is 18.2 Å². The van der Waals surface area contributed by atoms with Gasteiger partial charge in [0.15, 0.2) is 0 Å². The van der Waals surface area contributed by atoms with Crippen LogP contribution in [0.1, 0.15) is 36.5 Å². The molecule has 1 saturated carbocycles. The lowest BCUT2D eigenvalue weighted by Gasteiger charge is -2.33. The first-order valence-corrected chi connectivity index (χ1v) is 6.56. The van der Waals surface area contributed by atoms with Crippen LogP contribution in [-0.4, -0.2) is 19.0 Å². The van der Waals surface area contributed by atoms with Gasteiger partial charge in [-0.3, -0.25) is 4.79 Å². The molecule has 1 amide bonds. The lowest BCUT2D eigenvalue weighted by atomic mass is 9.85. The van der Waals surface area contributed by atoms with Crippen LogP contribution in [0.3, 0.4) is 0 Å². The molecule has 0 radical (unpaired) electrons. The lowest BCUT2D eigenvalue weighted by molar-refractivity contribution is 0.100. The molecule has 1 aliphatic carbocycles. The van der Waals surface area contributed by atoms with Gasteiger partial charge in [-0.2, -0.15) is 0 Å². The number of amides is 1. The highest BCUT2D eigenvalue weighted by Gasteiger charge is 2.21. The Kier molecular flexibility index (Phi) is 3.75. The maximum Gasteiger partial charge on any atom is 0.248 e. The van der Waals surface area contributed by atoms with E-state index in [2.05, 4.69) is 11.8 Å². The molecule has 0 aliphatic heterocycles. The fourth-order valence-corrected chi connectivity index (χ4v) is 2.38. The number of benzene rings is 1. The van der Waals surface area contributed by atoms with Gasteiger partial charge in [-0.15, -0.1) is 0 Å². The van der Waals surface area contributed by atoms with E-state index in [1.165, 1.54) is 19.3 Å². The van der Waals surface area contributed by atoms with Crippen molar-refractivity contribution in [1.82, 2.24) is 0 Å². The second-order valence-corrected chi connectivity index (χ2v) is 4.97. The summed E-state index contributed by atoms with van der Waals surface area (Å²) in [5.74, 6) is 0.357. The summed E-state index contributed by atoms with van der Waals surface area (Å²) in [5.41, 5.74) is 13.4. The molecule has 4 nitrogen and oxygen atoms in total. The number of hydrogen-bond acceptors (Lipinski definition) is 3. The third kappa shape index (κ3) is 2.58. The van der Waals surface area contributed by atoms with Gasteiger partial charge in [0, 0.05) is 18.7 Å². The van der Waals surface area contributed by atoms with Crippen molar-refractivity contribution in [1.29, 1.82) is 0 Å². The summed E-state index contributed by atoms with van der Waals surface area (Å²) in [6.45, 7) is 4.10. The molecule has 0 saturated heterocycles. The van der Waals surface area contributed by atoms with E-state index in [1.54, 1.807) is 12.1 Å². The van der Waals surface area contributed by atoms with E-state index in [0.717, 1.165) is 24.7 Å². The first-order chi connectivity index (χ1) is 8.61. The molecule has 0 unspecified atom stereocenters. The summed E-state index contributed by atoms with van der Waals surface area (Å²) < 4.78 is 0. The van der Waals surface area contributed by atoms with E-state index < -0.39 is 5.91 Å². The molecular weight excluding hydrogens is 226 g/mol. The third-order valence-electron chi connectivity index (χ3n) is 3.74. The molecule has 4 heteroatoms. The van der Waals surface area contributed by atoms with Gasteiger partial charge in [-0.25, -0.2) is 0 Å². The van der Waals surface area contributed by atoms with Gasteiger partial charge < -0.3 is 16.4 Å². The quantitative estimate of drug-likeness (QED) is 0.782. The highest BCUT2D eigenvalue weighted by Crippen LogP contribution is 2.31. The SMILES string of the molecule is CCN(CC1CCC1)c1ccc(C(N)=O)cc1N. The van der Waals surface area contributed by atoms with Gasteiger partial charge in [-0.1, -0.05) is 6.42 Å². The summed E-state index contributed by atoms with van der Waals surface area (Å²) >= 11 is 0. The van der Waals surface area contributed by atoms with Gasteiger partial charge in [-0.05, 0) is 43.9 Å². The van der Waals surface area contributed by atoms with E-state index in [-0.39, 0.29) is 0 Å². The molecule has 1 aromatic rings. The van der Waals surface area contributed by atoms with E-state index in [1.807, 2.05) is 6.07 Å². The molecule has 0 heterocycles. The first-order valence-electron chi connectivity index (χ1n) is 6.56. The molecule has 1 aromatic carbocycles. The summed E-state index contributed by atoms with van der Waals surface area (Å²) in [5, 5.41) is 0. The normalized spacial score (nSPS) is 15.2. The summed E-state index contributed by atoms with van der Waals surface area (Å²) in [7, 11) is 0. The van der Waals surface area contributed by atoms with Crippen molar-refractivity contribution in [3.05, 3.63) is 23.8 Å². The molecule has 1 aliphatic rings. The van der Waals surface area contributed by atoms with Crippen LogP contribution in [0.5, 0.6) is 0 Å². The van der Waals surface area contributed by atoms with Crippen LogP contribution >= 0.6 is 0 Å². The first kappa shape index (κ1) is 12.7. The number of carbonyl (C=O) groups excluding carboxylic acids is 1. The van der Waals surface area contributed by atoms with Crippen molar-refractivity contribution in [2.75, 3.05) is 23.7 Å². The minimum Gasteiger partial charge on any atom is -0.397 e. The average Bonchev–Trinajstić information content (AvgIpc) is 2.29. The highest BCUT2D eigenvalue weighted by atomic mass is 16.1. The number of nitrogens with zero attached hydrogens (tertiary/aromatic N) is 1. The number of anilines is 2. The van der Waals surface area contributed by atoms with Gasteiger partial charge >= 0.3 is 0 Å². The number of carbonyl (C=O) groups is 1. The molecule has 0 spiro atoms. The van der Waals surface area contributed by atoms with Crippen LogP contribution in [0.25, 0.3) is 0 Å². The standard InChI is InChI=1S/C14H21N3O/c1-2-17(9-10-4-3-5-10)13-7-6-11(14(16)18)8-12(13)15/h6-8,10H,2-5,9,15H2,1H3,(H2,16,18). The fourth-order valence-electron chi connectivity index (χ4n) is 2.38. The summed E-state index contributed by atoms with van der Waals surface area (Å²) in [4.78, 5) is 13.4. The lowest BCUT2D eigenvalue weighted by Crippen LogP contribution is -2.33. The molecular formula is C14H21N3O. The monoisotopic (exact) mass is 247 g/mol. The molecule has 2 rings (SSSR count). The van der Waals surface area contributed by atoms with Crippen molar-refractivity contribution in [3.8, 4) is 0 Å². The Labute approximate surface area is 108 Å². The van der Waals surface area contributed by atoms with Gasteiger partial charge in [0.05, 0.1) is 11.4 Å². The van der Waals surface area contributed by atoms with Crippen molar-refractivity contribution in [2.24, 2.45) is 11.7 Å². The molecule has 4 N–H and O–H groups in total. The Bertz CT molecular complexity index is 441. The van der Waals surface area contributed by atoms with Crippen molar-refractivity contribution >= 4 is 17.3 Å². The van der Waals surface area contributed by atoms with Crippen molar-refractivity contribution in [3.63, 3.8) is 0 Å². The van der Waals surface area contributed by atoms with Gasteiger partial charge in [0.1, 0.15) is 0 Å². The minimum atomic E-state index is -0.435. The van der Waals surface area contributed by atoms with E-state index in [0.29, 0.717) is 11.3 Å². The highest BCUT2D eigenvalue weighted by molar-refractivity contribution is 5.94. The second kappa shape index (κ2) is 5.29. The van der Waals surface area contributed by atoms with Gasteiger partial charge in [0.25, 0.3) is 0 Å². The van der Waals surface area contributed by atoms with Crippen LogP contribution in [0.4, 0.5) is 11.4 Å². The predicted octanol–water partition coefficient (Wildman–Crippen LogP) is 1.99. The fraction of sp³-hybridized carbons (Fsp3) is 0.500. The zero-order valence-corrected chi connectivity index (χ0v) is 10.9. The Morgan fingerprint density at radius 1 is 1.44 bits per heavy atom. The maximum absolute atomic E-state index is 11.1. The van der Waals surface area contributed by atoms with Crippen LogP contribution in [-0.2, 0) is 0 Å². The molecule has 0 aromatic heterocycles.